The zero-order valence-electron chi connectivity index (χ0n) is 16.3. The van der Waals surface area contributed by atoms with Crippen LogP contribution in [0.5, 0.6) is 0 Å². The smallest absolute Gasteiger partial charge is 0.135 e. The molecule has 0 aromatic carbocycles. The van der Waals surface area contributed by atoms with Gasteiger partial charge in [-0.15, -0.1) is 5.10 Å². The van der Waals surface area contributed by atoms with Gasteiger partial charge >= 0.3 is 0 Å². The number of hydrogen-bond donors (Lipinski definition) is 1. The lowest BCUT2D eigenvalue weighted by atomic mass is 9.72. The zero-order chi connectivity index (χ0) is 18.3. The minimum Gasteiger partial charge on any atom is -0.325 e. The Balaban J connectivity index is 3.05. The average molecular weight is 322 g/mol. The molecule has 0 radical (unpaired) electrons. The van der Waals surface area contributed by atoms with Crippen molar-refractivity contribution in [3.63, 3.8) is 0 Å². The molecule has 0 saturated heterocycles. The van der Waals surface area contributed by atoms with Crippen molar-refractivity contribution in [2.24, 2.45) is 11.1 Å². The molecular formula is C18H34N4O. The number of rotatable bonds is 7. The highest BCUT2D eigenvalue weighted by Crippen LogP contribution is 2.37. The van der Waals surface area contributed by atoms with Gasteiger partial charge in [0, 0.05) is 22.6 Å². The van der Waals surface area contributed by atoms with Crippen molar-refractivity contribution in [3.8, 4) is 0 Å². The number of ketones is 1. The van der Waals surface area contributed by atoms with Crippen molar-refractivity contribution < 1.29 is 4.79 Å². The molecule has 5 heteroatoms. The van der Waals surface area contributed by atoms with Crippen LogP contribution in [-0.4, -0.2) is 26.3 Å². The topological polar surface area (TPSA) is 73.8 Å². The van der Waals surface area contributed by atoms with E-state index in [1.165, 1.54) is 0 Å². The Bertz CT molecular complexity index is 562. The average Bonchev–Trinajstić information content (AvgIpc) is 2.73. The molecule has 0 aliphatic heterocycles. The fourth-order valence-electron chi connectivity index (χ4n) is 3.39. The van der Waals surface area contributed by atoms with E-state index < -0.39 is 0 Å². The fourth-order valence-corrected chi connectivity index (χ4v) is 3.39. The monoisotopic (exact) mass is 322 g/mol. The van der Waals surface area contributed by atoms with Crippen LogP contribution in [0.1, 0.15) is 80.8 Å². The summed E-state index contributed by atoms with van der Waals surface area (Å²) in [5.74, 6) is 0.197. The summed E-state index contributed by atoms with van der Waals surface area (Å²) in [6.45, 7) is 18.1. The van der Waals surface area contributed by atoms with E-state index in [-0.39, 0.29) is 27.7 Å². The third-order valence-corrected chi connectivity index (χ3v) is 4.53. The fraction of sp³-hybridized carbons (Fsp3) is 0.833. The van der Waals surface area contributed by atoms with E-state index in [2.05, 4.69) is 38.0 Å². The first-order valence-corrected chi connectivity index (χ1v) is 8.30. The van der Waals surface area contributed by atoms with E-state index in [9.17, 15) is 4.79 Å². The molecule has 0 saturated carbocycles. The Kier molecular flexibility index (Phi) is 5.17. The van der Waals surface area contributed by atoms with Crippen LogP contribution in [0.25, 0.3) is 0 Å². The van der Waals surface area contributed by atoms with Gasteiger partial charge in [-0.1, -0.05) is 32.9 Å². The van der Waals surface area contributed by atoms with Gasteiger partial charge < -0.3 is 5.73 Å². The Hall–Kier alpha value is -1.23. The molecule has 0 unspecified atom stereocenters. The second-order valence-corrected chi connectivity index (χ2v) is 9.53. The number of hydrogen-bond acceptors (Lipinski definition) is 4. The van der Waals surface area contributed by atoms with Crippen molar-refractivity contribution in [2.45, 2.75) is 91.6 Å². The van der Waals surface area contributed by atoms with Crippen molar-refractivity contribution in [1.82, 2.24) is 15.0 Å². The highest BCUT2D eigenvalue weighted by atomic mass is 16.1. The summed E-state index contributed by atoms with van der Waals surface area (Å²) in [5, 5.41) is 8.73. The first kappa shape index (κ1) is 19.8. The molecule has 0 spiro atoms. The largest absolute Gasteiger partial charge is 0.325 e. The minimum atomic E-state index is -0.373. The highest BCUT2D eigenvalue weighted by Gasteiger charge is 2.36. The molecular weight excluding hydrogens is 288 g/mol. The third-order valence-electron chi connectivity index (χ3n) is 4.53. The summed E-state index contributed by atoms with van der Waals surface area (Å²) in [7, 11) is 0. The standard InChI is InChI=1S/C18H34N4O/c1-13(23)15(2,3)11-16(4,5)14-10-22(21-20-14)18(8,9)12-17(6,7)19/h10H,11-12,19H2,1-9H3. The lowest BCUT2D eigenvalue weighted by Crippen LogP contribution is -2.42. The molecule has 0 aliphatic rings. The van der Waals surface area contributed by atoms with E-state index in [4.69, 9.17) is 5.73 Å². The molecule has 1 rings (SSSR count). The normalized spacial score (nSPS) is 14.2. The molecule has 23 heavy (non-hydrogen) atoms. The van der Waals surface area contributed by atoms with Gasteiger partial charge in [-0.2, -0.15) is 0 Å². The second kappa shape index (κ2) is 6.00. The van der Waals surface area contributed by atoms with E-state index in [1.807, 2.05) is 38.6 Å². The van der Waals surface area contributed by atoms with Gasteiger partial charge in [0.1, 0.15) is 5.78 Å². The quantitative estimate of drug-likeness (QED) is 0.834. The molecule has 132 valence electrons. The molecule has 2 N–H and O–H groups in total. The Labute approximate surface area is 141 Å². The van der Waals surface area contributed by atoms with E-state index in [1.54, 1.807) is 6.92 Å². The van der Waals surface area contributed by atoms with Gasteiger partial charge in [0.2, 0.25) is 0 Å². The van der Waals surface area contributed by atoms with Gasteiger partial charge in [0.25, 0.3) is 0 Å². The summed E-state index contributed by atoms with van der Waals surface area (Å²) in [6, 6.07) is 0. The number of carbonyl (C=O) groups is 1. The van der Waals surface area contributed by atoms with Crippen LogP contribution in [-0.2, 0) is 15.7 Å². The number of nitrogens with zero attached hydrogens (tertiary/aromatic N) is 3. The molecule has 0 aliphatic carbocycles. The SMILES string of the molecule is CC(=O)C(C)(C)CC(C)(C)c1cn(C(C)(C)CC(C)(C)N)nn1. The highest BCUT2D eigenvalue weighted by molar-refractivity contribution is 5.81. The number of carbonyl (C=O) groups excluding carboxylic acids is 1. The maximum Gasteiger partial charge on any atom is 0.135 e. The Morgan fingerprint density at radius 3 is 2.04 bits per heavy atom. The number of aromatic nitrogens is 3. The van der Waals surface area contributed by atoms with Gasteiger partial charge in [0.05, 0.1) is 11.2 Å². The predicted octanol–water partition coefficient (Wildman–Crippen LogP) is 3.42. The Morgan fingerprint density at radius 2 is 1.61 bits per heavy atom. The van der Waals surface area contributed by atoms with Crippen LogP contribution in [0, 0.1) is 5.41 Å². The molecule has 5 nitrogen and oxygen atoms in total. The zero-order valence-corrected chi connectivity index (χ0v) is 16.3. The van der Waals surface area contributed by atoms with Crippen molar-refractivity contribution >= 4 is 5.78 Å². The lowest BCUT2D eigenvalue weighted by molar-refractivity contribution is -0.125. The van der Waals surface area contributed by atoms with Crippen molar-refractivity contribution in [3.05, 3.63) is 11.9 Å². The molecule has 0 atom stereocenters. The second-order valence-electron chi connectivity index (χ2n) is 9.53. The van der Waals surface area contributed by atoms with E-state index in [0.717, 1.165) is 18.5 Å². The molecule has 0 fully saturated rings. The first-order chi connectivity index (χ1) is 10.1. The predicted molar refractivity (Wildman–Crippen MR) is 94.3 cm³/mol. The van der Waals surface area contributed by atoms with Gasteiger partial charge in [0.15, 0.2) is 0 Å². The minimum absolute atomic E-state index is 0.197. The third kappa shape index (κ3) is 5.13. The lowest BCUT2D eigenvalue weighted by Gasteiger charge is -2.33. The van der Waals surface area contributed by atoms with Crippen LogP contribution in [0.4, 0.5) is 0 Å². The maximum atomic E-state index is 11.8. The summed E-state index contributed by atoms with van der Waals surface area (Å²) in [6.07, 6.45) is 3.53. The van der Waals surface area contributed by atoms with Crippen molar-refractivity contribution in [2.75, 3.05) is 0 Å². The summed E-state index contributed by atoms with van der Waals surface area (Å²) >= 11 is 0. The van der Waals surface area contributed by atoms with E-state index in [0.29, 0.717) is 0 Å². The molecule has 1 aromatic heterocycles. The van der Waals surface area contributed by atoms with Gasteiger partial charge in [-0.05, 0) is 47.5 Å². The molecule has 1 aromatic rings. The maximum absolute atomic E-state index is 11.8. The summed E-state index contributed by atoms with van der Waals surface area (Å²) in [4.78, 5) is 11.8. The van der Waals surface area contributed by atoms with Crippen LogP contribution in [0.15, 0.2) is 6.20 Å². The summed E-state index contributed by atoms with van der Waals surface area (Å²) in [5.41, 5.74) is 6.00. The van der Waals surface area contributed by atoms with Crippen molar-refractivity contribution in [1.29, 1.82) is 0 Å². The molecule has 1 heterocycles. The van der Waals surface area contributed by atoms with Crippen LogP contribution in [0.2, 0.25) is 0 Å². The molecule has 0 bridgehead atoms. The van der Waals surface area contributed by atoms with Gasteiger partial charge in [-0.25, -0.2) is 4.68 Å². The van der Waals surface area contributed by atoms with E-state index >= 15 is 0 Å². The van der Waals surface area contributed by atoms with Crippen LogP contribution >= 0.6 is 0 Å². The van der Waals surface area contributed by atoms with Gasteiger partial charge in [-0.3, -0.25) is 4.79 Å². The van der Waals surface area contributed by atoms with Crippen LogP contribution < -0.4 is 5.73 Å². The number of nitrogens with two attached hydrogens (primary N) is 1. The van der Waals surface area contributed by atoms with Crippen LogP contribution in [0.3, 0.4) is 0 Å². The Morgan fingerprint density at radius 1 is 1.09 bits per heavy atom. The summed E-state index contributed by atoms with van der Waals surface area (Å²) < 4.78 is 1.90. The molecule has 0 amide bonds. The first-order valence-electron chi connectivity index (χ1n) is 8.30. The number of Topliss-reactive ketones (excluding diaryl/α,β-unsaturated/α-hetero) is 1.